The highest BCUT2D eigenvalue weighted by molar-refractivity contribution is 5.91. The largest absolute Gasteiger partial charge is 0.307 e. The SMILES string of the molecule is C=C/C(CC)=C(/C)C(=C)c1ccccc1C(C)CC.C=Cc1c(C)cc2c(c1C=C)-c1ccc(C)cc1C2(C)C.CC(C)C1=CCCc2ccccc21.Cc1ccc(C2CN2)cc1.Cc1ccccc1. The van der Waals surface area contributed by atoms with Crippen LogP contribution in [-0.4, -0.2) is 6.54 Å². The first-order valence-electron chi connectivity index (χ1n) is 25.8. The predicted molar refractivity (Wildman–Crippen MR) is 312 cm³/mol. The molecular weight excluding hydrogens is 843 g/mol. The van der Waals surface area contributed by atoms with E-state index in [1.165, 1.54) is 113 Å². The maximum absolute atomic E-state index is 4.31. The minimum absolute atomic E-state index is 0.0406. The molecule has 2 atom stereocenters. The molecule has 2 aliphatic carbocycles. The minimum Gasteiger partial charge on any atom is -0.307 e. The summed E-state index contributed by atoms with van der Waals surface area (Å²) in [6.07, 6.45) is 12.9. The van der Waals surface area contributed by atoms with Crippen LogP contribution in [0.2, 0.25) is 0 Å². The summed E-state index contributed by atoms with van der Waals surface area (Å²) in [5.41, 5.74) is 25.5. The van der Waals surface area contributed by atoms with Crippen molar-refractivity contribution < 1.29 is 0 Å². The second-order valence-corrected chi connectivity index (χ2v) is 20.1. The molecule has 2 unspecified atom stereocenters. The molecule has 1 aliphatic heterocycles. The molecule has 0 spiro atoms. The van der Waals surface area contributed by atoms with Gasteiger partial charge in [-0.15, -0.1) is 0 Å². The van der Waals surface area contributed by atoms with E-state index in [9.17, 15) is 0 Å². The Bertz CT molecular complexity index is 2800. The van der Waals surface area contributed by atoms with E-state index in [1.54, 1.807) is 0 Å². The fourth-order valence-corrected chi connectivity index (χ4v) is 9.73. The van der Waals surface area contributed by atoms with Crippen molar-refractivity contribution in [2.45, 2.75) is 126 Å². The second-order valence-electron chi connectivity index (χ2n) is 20.1. The molecule has 0 amide bonds. The Morgan fingerprint density at radius 3 is 1.87 bits per heavy atom. The van der Waals surface area contributed by atoms with E-state index in [0.717, 1.165) is 25.0 Å². The van der Waals surface area contributed by atoms with Crippen molar-refractivity contribution in [3.8, 4) is 11.1 Å². The lowest BCUT2D eigenvalue weighted by Gasteiger charge is -2.23. The summed E-state index contributed by atoms with van der Waals surface area (Å²) in [6.45, 7) is 43.9. The van der Waals surface area contributed by atoms with Crippen LogP contribution in [0.1, 0.15) is 159 Å². The molecule has 0 aromatic heterocycles. The molecule has 6 aromatic carbocycles. The first kappa shape index (κ1) is 54.7. The highest BCUT2D eigenvalue weighted by Crippen LogP contribution is 2.52. The van der Waals surface area contributed by atoms with Gasteiger partial charge in [0, 0.05) is 18.0 Å². The van der Waals surface area contributed by atoms with Gasteiger partial charge < -0.3 is 5.32 Å². The molecule has 70 heavy (non-hydrogen) atoms. The lowest BCUT2D eigenvalue weighted by atomic mass is 9.80. The van der Waals surface area contributed by atoms with Gasteiger partial charge in [0.05, 0.1) is 0 Å². The highest BCUT2D eigenvalue weighted by atomic mass is 15.1. The van der Waals surface area contributed by atoms with Crippen LogP contribution < -0.4 is 5.32 Å². The van der Waals surface area contributed by atoms with Gasteiger partial charge in [-0.2, -0.15) is 0 Å². The van der Waals surface area contributed by atoms with Crippen LogP contribution in [0.5, 0.6) is 0 Å². The van der Waals surface area contributed by atoms with Gasteiger partial charge in [-0.25, -0.2) is 0 Å². The summed E-state index contributed by atoms with van der Waals surface area (Å²) in [5, 5.41) is 3.27. The lowest BCUT2D eigenvalue weighted by Crippen LogP contribution is -2.15. The Labute approximate surface area is 425 Å². The van der Waals surface area contributed by atoms with Crippen LogP contribution in [0.3, 0.4) is 0 Å². The monoisotopic (exact) mass is 926 g/mol. The zero-order valence-corrected chi connectivity index (χ0v) is 45.0. The van der Waals surface area contributed by atoms with Gasteiger partial charge in [-0.05, 0) is 161 Å². The molecule has 1 nitrogen and oxygen atoms in total. The Morgan fingerprint density at radius 2 is 1.30 bits per heavy atom. The standard InChI is InChI=1S/C21H22.C19H26.C13H16.C9H11N.C7H8/c1-7-15-14(4)12-19-20(16(15)8-2)17-10-9-13(3)11-18(17)21(19,5)6;1-7-14(4)18-12-10-11-13-19(18)16(6)15(5)17(8-2)9-3;1-10(2)12-9-5-7-11-6-3-4-8-13(11)12;1-7-2-4-8(5-3-7)9-6-10-9;1-7-5-3-2-4-6-7/h7-12H,1-2H2,3-6H3;8,10-14H,2,6-7,9H2,1,3-5H3;3-4,6,8-10H,5,7H2,1-2H3;2-5,9-10H,6H2,1H3;2-6H,1H3/b;17-15+;;;. The maximum Gasteiger partial charge on any atom is 0.0447 e. The fourth-order valence-electron chi connectivity index (χ4n) is 9.73. The molecule has 1 N–H and O–H groups in total. The number of aryl methyl sites for hydroxylation is 5. The van der Waals surface area contributed by atoms with Crippen LogP contribution in [0.4, 0.5) is 0 Å². The van der Waals surface area contributed by atoms with E-state index < -0.39 is 0 Å². The first-order chi connectivity index (χ1) is 33.5. The zero-order chi connectivity index (χ0) is 51.1. The van der Waals surface area contributed by atoms with Crippen molar-refractivity contribution in [2.75, 3.05) is 6.54 Å². The molecule has 9 rings (SSSR count). The van der Waals surface area contributed by atoms with Gasteiger partial charge in [-0.1, -0.05) is 243 Å². The molecule has 0 bridgehead atoms. The van der Waals surface area contributed by atoms with Gasteiger partial charge in [0.2, 0.25) is 0 Å². The van der Waals surface area contributed by atoms with Crippen LogP contribution in [0, 0.1) is 33.6 Å². The lowest BCUT2D eigenvalue weighted by molar-refractivity contribution is 0.659. The van der Waals surface area contributed by atoms with Crippen LogP contribution in [0.15, 0.2) is 177 Å². The van der Waals surface area contributed by atoms with E-state index in [2.05, 4.69) is 230 Å². The van der Waals surface area contributed by atoms with Crippen molar-refractivity contribution in [3.05, 3.63) is 249 Å². The average molecular weight is 926 g/mol. The van der Waals surface area contributed by atoms with Crippen molar-refractivity contribution >= 4 is 23.3 Å². The first-order valence-corrected chi connectivity index (χ1v) is 25.8. The van der Waals surface area contributed by atoms with Gasteiger partial charge in [0.1, 0.15) is 0 Å². The molecule has 1 heteroatoms. The number of fused-ring (bicyclic) bond motifs is 4. The van der Waals surface area contributed by atoms with Gasteiger partial charge in [0.25, 0.3) is 0 Å². The Balaban J connectivity index is 0.000000170. The summed E-state index contributed by atoms with van der Waals surface area (Å²) >= 11 is 0. The van der Waals surface area contributed by atoms with E-state index in [0.29, 0.717) is 17.9 Å². The van der Waals surface area contributed by atoms with Gasteiger partial charge in [-0.3, -0.25) is 0 Å². The number of hydrogen-bond donors (Lipinski definition) is 1. The van der Waals surface area contributed by atoms with E-state index >= 15 is 0 Å². The molecule has 0 saturated carbocycles. The molecule has 1 heterocycles. The molecule has 1 fully saturated rings. The van der Waals surface area contributed by atoms with Gasteiger partial charge in [0.15, 0.2) is 0 Å². The summed E-state index contributed by atoms with van der Waals surface area (Å²) in [6, 6.07) is 46.1. The topological polar surface area (TPSA) is 21.9 Å². The van der Waals surface area contributed by atoms with E-state index in [-0.39, 0.29) is 5.41 Å². The van der Waals surface area contributed by atoms with Crippen molar-refractivity contribution in [1.29, 1.82) is 0 Å². The molecule has 3 aliphatic rings. The number of allylic oxidation sites excluding steroid dienone is 6. The number of hydrogen-bond acceptors (Lipinski definition) is 1. The zero-order valence-electron chi connectivity index (χ0n) is 45.0. The van der Waals surface area contributed by atoms with Crippen molar-refractivity contribution in [2.24, 2.45) is 5.92 Å². The third-order valence-electron chi connectivity index (χ3n) is 14.4. The maximum atomic E-state index is 4.31. The molecule has 0 radical (unpaired) electrons. The smallest absolute Gasteiger partial charge is 0.0447 e. The van der Waals surface area contributed by atoms with E-state index in [4.69, 9.17) is 0 Å². The fraction of sp³-hybridized carbons (Fsp3) is 0.304. The van der Waals surface area contributed by atoms with Crippen LogP contribution in [0.25, 0.3) is 34.4 Å². The molecule has 6 aromatic rings. The average Bonchev–Trinajstić information content (AvgIpc) is 4.20. The summed E-state index contributed by atoms with van der Waals surface area (Å²) < 4.78 is 0. The highest BCUT2D eigenvalue weighted by Gasteiger charge is 2.37. The summed E-state index contributed by atoms with van der Waals surface area (Å²) in [7, 11) is 0. The van der Waals surface area contributed by atoms with Crippen molar-refractivity contribution in [1.82, 2.24) is 5.32 Å². The van der Waals surface area contributed by atoms with Crippen molar-refractivity contribution in [3.63, 3.8) is 0 Å². The Morgan fingerprint density at radius 1 is 0.700 bits per heavy atom. The molecule has 1 saturated heterocycles. The summed E-state index contributed by atoms with van der Waals surface area (Å²) in [5.74, 6) is 1.22. The third kappa shape index (κ3) is 13.5. The Kier molecular flexibility index (Phi) is 19.9. The molecule has 364 valence electrons. The second kappa shape index (κ2) is 25.5. The third-order valence-corrected chi connectivity index (χ3v) is 14.4. The normalized spacial score (nSPS) is 15.0. The number of benzene rings is 6. The quantitative estimate of drug-likeness (QED) is 0.107. The van der Waals surface area contributed by atoms with Crippen LogP contribution in [-0.2, 0) is 11.8 Å². The minimum atomic E-state index is 0.0406. The van der Waals surface area contributed by atoms with Gasteiger partial charge >= 0.3 is 0 Å². The number of rotatable bonds is 10. The van der Waals surface area contributed by atoms with E-state index in [1.807, 2.05) is 36.4 Å². The Hall–Kier alpha value is -6.28. The summed E-state index contributed by atoms with van der Waals surface area (Å²) in [4.78, 5) is 0. The number of nitrogens with one attached hydrogen (secondary N) is 1. The van der Waals surface area contributed by atoms with Crippen LogP contribution >= 0.6 is 0 Å². The predicted octanol–water partition coefficient (Wildman–Crippen LogP) is 19.3. The molecular formula is C69H83N.